The maximum Gasteiger partial charge on any atom is 0.162 e. The Bertz CT molecular complexity index is 584. The summed E-state index contributed by atoms with van der Waals surface area (Å²) in [7, 11) is 1.51. The van der Waals surface area contributed by atoms with Crippen molar-refractivity contribution in [3.8, 4) is 11.5 Å². The number of methoxy groups -OCH3 is 1. The number of hydrogen-bond donors (Lipinski definition) is 2. The second kappa shape index (κ2) is 5.61. The van der Waals surface area contributed by atoms with Crippen LogP contribution in [0.2, 0.25) is 0 Å². The normalized spacial score (nSPS) is 10.3. The summed E-state index contributed by atoms with van der Waals surface area (Å²) in [5, 5.41) is 13.1. The van der Waals surface area contributed by atoms with Crippen molar-refractivity contribution in [1.82, 2.24) is 0 Å². The van der Waals surface area contributed by atoms with Crippen molar-refractivity contribution in [2.45, 2.75) is 13.5 Å². The Balaban J connectivity index is 2.12. The maximum atomic E-state index is 13.1. The van der Waals surface area contributed by atoms with Crippen molar-refractivity contribution in [2.24, 2.45) is 0 Å². The molecule has 3 nitrogen and oxygen atoms in total. The number of para-hydroxylation sites is 1. The molecule has 0 fully saturated rings. The van der Waals surface area contributed by atoms with E-state index in [9.17, 15) is 9.50 Å². The van der Waals surface area contributed by atoms with Crippen LogP contribution in [-0.4, -0.2) is 12.2 Å². The number of benzene rings is 2. The highest BCUT2D eigenvalue weighted by Crippen LogP contribution is 2.29. The second-order valence-corrected chi connectivity index (χ2v) is 4.29. The van der Waals surface area contributed by atoms with Crippen molar-refractivity contribution in [1.29, 1.82) is 0 Å². The molecule has 0 unspecified atom stereocenters. The first-order chi connectivity index (χ1) is 9.11. The molecule has 0 aliphatic heterocycles. The van der Waals surface area contributed by atoms with Crippen molar-refractivity contribution in [3.63, 3.8) is 0 Å². The fraction of sp³-hybridized carbons (Fsp3) is 0.200. The largest absolute Gasteiger partial charge is 0.504 e. The van der Waals surface area contributed by atoms with Gasteiger partial charge in [-0.15, -0.1) is 0 Å². The monoisotopic (exact) mass is 261 g/mol. The molecule has 0 saturated carbocycles. The van der Waals surface area contributed by atoms with Gasteiger partial charge in [0.05, 0.1) is 7.11 Å². The zero-order valence-corrected chi connectivity index (χ0v) is 10.9. The lowest BCUT2D eigenvalue weighted by Gasteiger charge is -2.11. The molecule has 0 radical (unpaired) electrons. The third kappa shape index (κ3) is 2.96. The summed E-state index contributed by atoms with van der Waals surface area (Å²) in [6, 6.07) is 10.1. The molecule has 0 bridgehead atoms. The number of halogens is 1. The summed E-state index contributed by atoms with van der Waals surface area (Å²) in [6.07, 6.45) is 0. The van der Waals surface area contributed by atoms with Gasteiger partial charge in [0, 0.05) is 17.8 Å². The van der Waals surface area contributed by atoms with Gasteiger partial charge in [0.1, 0.15) is 5.82 Å². The molecule has 4 heteroatoms. The fourth-order valence-electron chi connectivity index (χ4n) is 1.83. The van der Waals surface area contributed by atoms with Crippen molar-refractivity contribution in [3.05, 3.63) is 53.3 Å². The molecule has 0 amide bonds. The third-order valence-electron chi connectivity index (χ3n) is 2.94. The standard InChI is InChI=1S/C15H16FNO2/c1-10-8-12(6-7-13(10)16)17-9-11-4-3-5-14(19-2)15(11)18/h3-8,17-18H,9H2,1-2H3. The number of phenolic OH excluding ortho intramolecular Hbond substituents is 1. The number of aromatic hydroxyl groups is 1. The van der Waals surface area contributed by atoms with E-state index in [-0.39, 0.29) is 11.6 Å². The molecule has 2 aromatic rings. The summed E-state index contributed by atoms with van der Waals surface area (Å²) in [5.41, 5.74) is 2.11. The molecule has 0 aliphatic rings. The fourth-order valence-corrected chi connectivity index (χ4v) is 1.83. The van der Waals surface area contributed by atoms with Crippen LogP contribution >= 0.6 is 0 Å². The quantitative estimate of drug-likeness (QED) is 0.885. The molecule has 2 rings (SSSR count). The van der Waals surface area contributed by atoms with Crippen LogP contribution in [-0.2, 0) is 6.54 Å². The van der Waals surface area contributed by atoms with Gasteiger partial charge in [-0.1, -0.05) is 12.1 Å². The van der Waals surface area contributed by atoms with E-state index in [2.05, 4.69) is 5.32 Å². The summed E-state index contributed by atoms with van der Waals surface area (Å²) >= 11 is 0. The Morgan fingerprint density at radius 2 is 2.05 bits per heavy atom. The van der Waals surface area contributed by atoms with Gasteiger partial charge in [-0.05, 0) is 36.8 Å². The molecule has 0 atom stereocenters. The topological polar surface area (TPSA) is 41.5 Å². The minimum Gasteiger partial charge on any atom is -0.504 e. The predicted molar refractivity (Wildman–Crippen MR) is 73.1 cm³/mol. The second-order valence-electron chi connectivity index (χ2n) is 4.29. The summed E-state index contributed by atoms with van der Waals surface area (Å²) in [6.45, 7) is 2.15. The van der Waals surface area contributed by atoms with E-state index in [1.165, 1.54) is 13.2 Å². The van der Waals surface area contributed by atoms with Crippen LogP contribution in [0.1, 0.15) is 11.1 Å². The number of rotatable bonds is 4. The molecule has 0 aliphatic carbocycles. The van der Waals surface area contributed by atoms with Gasteiger partial charge in [-0.25, -0.2) is 4.39 Å². The number of nitrogens with one attached hydrogen (secondary N) is 1. The van der Waals surface area contributed by atoms with Crippen LogP contribution in [0.25, 0.3) is 0 Å². The van der Waals surface area contributed by atoms with E-state index in [0.29, 0.717) is 17.9 Å². The molecule has 0 heterocycles. The van der Waals surface area contributed by atoms with Crippen LogP contribution in [0.15, 0.2) is 36.4 Å². The zero-order valence-electron chi connectivity index (χ0n) is 10.9. The number of ether oxygens (including phenoxy) is 1. The summed E-state index contributed by atoms with van der Waals surface area (Å²) in [4.78, 5) is 0. The predicted octanol–water partition coefficient (Wildman–Crippen LogP) is 3.46. The van der Waals surface area contributed by atoms with Gasteiger partial charge < -0.3 is 15.2 Å². The maximum absolute atomic E-state index is 13.1. The number of aryl methyl sites for hydroxylation is 1. The van der Waals surface area contributed by atoms with Gasteiger partial charge in [0.2, 0.25) is 0 Å². The molecular weight excluding hydrogens is 245 g/mol. The molecule has 0 spiro atoms. The minimum atomic E-state index is -0.227. The molecular formula is C15H16FNO2. The van der Waals surface area contributed by atoms with Gasteiger partial charge in [0.15, 0.2) is 11.5 Å². The van der Waals surface area contributed by atoms with E-state index in [0.717, 1.165) is 11.3 Å². The van der Waals surface area contributed by atoms with E-state index >= 15 is 0 Å². The third-order valence-corrected chi connectivity index (χ3v) is 2.94. The Kier molecular flexibility index (Phi) is 3.90. The zero-order chi connectivity index (χ0) is 13.8. The Labute approximate surface area is 111 Å². The lowest BCUT2D eigenvalue weighted by molar-refractivity contribution is 0.371. The Hall–Kier alpha value is -2.23. The highest BCUT2D eigenvalue weighted by atomic mass is 19.1. The number of phenols is 1. The van der Waals surface area contributed by atoms with Crippen LogP contribution in [0.5, 0.6) is 11.5 Å². The lowest BCUT2D eigenvalue weighted by atomic mass is 10.1. The Morgan fingerprint density at radius 1 is 1.26 bits per heavy atom. The average molecular weight is 261 g/mol. The minimum absolute atomic E-state index is 0.122. The summed E-state index contributed by atoms with van der Waals surface area (Å²) < 4.78 is 18.2. The molecule has 0 saturated heterocycles. The molecule has 2 aromatic carbocycles. The van der Waals surface area contributed by atoms with Gasteiger partial charge in [-0.2, -0.15) is 0 Å². The first kappa shape index (κ1) is 13.2. The summed E-state index contributed by atoms with van der Waals surface area (Å²) in [5.74, 6) is 0.334. The lowest BCUT2D eigenvalue weighted by Crippen LogP contribution is -2.01. The van der Waals surface area contributed by atoms with Gasteiger partial charge in [-0.3, -0.25) is 0 Å². The SMILES string of the molecule is COc1cccc(CNc2ccc(F)c(C)c2)c1O. The van der Waals surface area contributed by atoms with Crippen LogP contribution in [0.3, 0.4) is 0 Å². The Morgan fingerprint density at radius 3 is 2.74 bits per heavy atom. The van der Waals surface area contributed by atoms with Crippen molar-refractivity contribution < 1.29 is 14.2 Å². The first-order valence-corrected chi connectivity index (χ1v) is 5.96. The molecule has 19 heavy (non-hydrogen) atoms. The highest BCUT2D eigenvalue weighted by Gasteiger charge is 2.07. The van der Waals surface area contributed by atoms with E-state index in [1.807, 2.05) is 6.07 Å². The number of hydrogen-bond acceptors (Lipinski definition) is 3. The highest BCUT2D eigenvalue weighted by molar-refractivity contribution is 5.50. The van der Waals surface area contributed by atoms with Crippen LogP contribution in [0.4, 0.5) is 10.1 Å². The van der Waals surface area contributed by atoms with Gasteiger partial charge >= 0.3 is 0 Å². The van der Waals surface area contributed by atoms with E-state index in [4.69, 9.17) is 4.74 Å². The number of anilines is 1. The molecule has 2 N–H and O–H groups in total. The van der Waals surface area contributed by atoms with E-state index in [1.54, 1.807) is 31.2 Å². The smallest absolute Gasteiger partial charge is 0.162 e. The van der Waals surface area contributed by atoms with Crippen LogP contribution in [0, 0.1) is 12.7 Å². The van der Waals surface area contributed by atoms with Crippen LogP contribution < -0.4 is 10.1 Å². The molecule has 100 valence electrons. The van der Waals surface area contributed by atoms with E-state index < -0.39 is 0 Å². The van der Waals surface area contributed by atoms with Crippen molar-refractivity contribution >= 4 is 5.69 Å². The molecule has 0 aromatic heterocycles. The first-order valence-electron chi connectivity index (χ1n) is 5.96. The van der Waals surface area contributed by atoms with Gasteiger partial charge in [0.25, 0.3) is 0 Å². The van der Waals surface area contributed by atoms with Crippen molar-refractivity contribution in [2.75, 3.05) is 12.4 Å². The average Bonchev–Trinajstić information content (AvgIpc) is 2.41.